The highest BCUT2D eigenvalue weighted by Gasteiger charge is 2.17. The van der Waals surface area contributed by atoms with Crippen LogP contribution in [0.15, 0.2) is 42.5 Å². The van der Waals surface area contributed by atoms with Crippen LogP contribution >= 0.6 is 0 Å². The number of hydrogen-bond acceptors (Lipinski definition) is 4. The average Bonchev–Trinajstić information content (AvgIpc) is 3.17. The SMILES string of the molecule is Cc1cccc(CNC(=O)CNc2cc(F)ccc2OCC2CCCO2)c1. The second-order valence-electron chi connectivity index (χ2n) is 6.71. The third-order valence-electron chi connectivity index (χ3n) is 4.40. The zero-order valence-electron chi connectivity index (χ0n) is 15.5. The van der Waals surface area contributed by atoms with Crippen molar-refractivity contribution in [1.82, 2.24) is 5.32 Å². The fourth-order valence-corrected chi connectivity index (χ4v) is 2.99. The number of benzene rings is 2. The molecule has 1 atom stereocenters. The number of anilines is 1. The molecule has 1 aliphatic heterocycles. The summed E-state index contributed by atoms with van der Waals surface area (Å²) < 4.78 is 24.9. The summed E-state index contributed by atoms with van der Waals surface area (Å²) in [5.74, 6) is -0.0497. The summed E-state index contributed by atoms with van der Waals surface area (Å²) in [6, 6.07) is 12.2. The van der Waals surface area contributed by atoms with Crippen molar-refractivity contribution in [1.29, 1.82) is 0 Å². The lowest BCUT2D eigenvalue weighted by Crippen LogP contribution is -2.29. The number of hydrogen-bond donors (Lipinski definition) is 2. The van der Waals surface area contributed by atoms with Crippen molar-refractivity contribution in [2.45, 2.75) is 32.4 Å². The second kappa shape index (κ2) is 9.37. The van der Waals surface area contributed by atoms with E-state index in [0.717, 1.165) is 30.6 Å². The zero-order valence-corrected chi connectivity index (χ0v) is 15.5. The summed E-state index contributed by atoms with van der Waals surface area (Å²) in [6.45, 7) is 3.66. The lowest BCUT2D eigenvalue weighted by atomic mass is 10.1. The van der Waals surface area contributed by atoms with Crippen LogP contribution < -0.4 is 15.4 Å². The van der Waals surface area contributed by atoms with E-state index in [1.165, 1.54) is 12.1 Å². The highest BCUT2D eigenvalue weighted by Crippen LogP contribution is 2.26. The maximum Gasteiger partial charge on any atom is 0.239 e. The summed E-state index contributed by atoms with van der Waals surface area (Å²) >= 11 is 0. The number of amides is 1. The molecule has 1 fully saturated rings. The summed E-state index contributed by atoms with van der Waals surface area (Å²) in [6.07, 6.45) is 2.06. The molecular weight excluding hydrogens is 347 g/mol. The highest BCUT2D eigenvalue weighted by atomic mass is 19.1. The van der Waals surface area contributed by atoms with Crippen molar-refractivity contribution in [3.05, 3.63) is 59.4 Å². The maximum absolute atomic E-state index is 13.6. The van der Waals surface area contributed by atoms with Gasteiger partial charge >= 0.3 is 0 Å². The minimum atomic E-state index is -0.387. The Morgan fingerprint density at radius 3 is 2.96 bits per heavy atom. The van der Waals surface area contributed by atoms with Gasteiger partial charge in [-0.1, -0.05) is 29.8 Å². The minimum absolute atomic E-state index is 0.0333. The molecule has 1 heterocycles. The van der Waals surface area contributed by atoms with E-state index in [4.69, 9.17) is 9.47 Å². The molecule has 6 heteroatoms. The quantitative estimate of drug-likeness (QED) is 0.745. The van der Waals surface area contributed by atoms with Crippen LogP contribution in [0.1, 0.15) is 24.0 Å². The van der Waals surface area contributed by atoms with Gasteiger partial charge in [0.05, 0.1) is 18.3 Å². The Morgan fingerprint density at radius 2 is 2.19 bits per heavy atom. The van der Waals surface area contributed by atoms with Gasteiger partial charge in [-0.15, -0.1) is 0 Å². The van der Waals surface area contributed by atoms with Gasteiger partial charge in [0.15, 0.2) is 0 Å². The second-order valence-corrected chi connectivity index (χ2v) is 6.71. The van der Waals surface area contributed by atoms with Gasteiger partial charge < -0.3 is 20.1 Å². The van der Waals surface area contributed by atoms with E-state index in [0.29, 0.717) is 24.6 Å². The maximum atomic E-state index is 13.6. The van der Waals surface area contributed by atoms with E-state index >= 15 is 0 Å². The van der Waals surface area contributed by atoms with Gasteiger partial charge in [-0.05, 0) is 37.5 Å². The average molecular weight is 372 g/mol. The zero-order chi connectivity index (χ0) is 19.1. The summed E-state index contributed by atoms with van der Waals surface area (Å²) in [7, 11) is 0. The van der Waals surface area contributed by atoms with E-state index in [2.05, 4.69) is 10.6 Å². The molecule has 1 unspecified atom stereocenters. The Morgan fingerprint density at radius 1 is 1.30 bits per heavy atom. The molecular formula is C21H25FN2O3. The van der Waals surface area contributed by atoms with E-state index in [1.807, 2.05) is 31.2 Å². The van der Waals surface area contributed by atoms with Gasteiger partial charge in [0.2, 0.25) is 5.91 Å². The van der Waals surface area contributed by atoms with Gasteiger partial charge in [-0.2, -0.15) is 0 Å². The molecule has 1 amide bonds. The Bertz CT molecular complexity index is 776. The fourth-order valence-electron chi connectivity index (χ4n) is 2.99. The smallest absolute Gasteiger partial charge is 0.239 e. The predicted molar refractivity (Wildman–Crippen MR) is 102 cm³/mol. The van der Waals surface area contributed by atoms with Crippen molar-refractivity contribution in [3.63, 3.8) is 0 Å². The first-order valence-electron chi connectivity index (χ1n) is 9.20. The van der Waals surface area contributed by atoms with E-state index in [1.54, 1.807) is 6.07 Å². The largest absolute Gasteiger partial charge is 0.489 e. The molecule has 1 aliphatic rings. The standard InChI is InChI=1S/C21H25FN2O3/c1-15-4-2-5-16(10-15)12-24-21(25)13-23-19-11-17(22)7-8-20(19)27-14-18-6-3-9-26-18/h2,4-5,7-8,10-11,18,23H,3,6,9,12-14H2,1H3,(H,24,25). The number of aryl methyl sites for hydroxylation is 1. The first kappa shape index (κ1) is 19.2. The molecule has 0 aromatic heterocycles. The summed E-state index contributed by atoms with van der Waals surface area (Å²) in [5, 5.41) is 5.81. The minimum Gasteiger partial charge on any atom is -0.489 e. The van der Waals surface area contributed by atoms with E-state index in [-0.39, 0.29) is 24.4 Å². The molecule has 2 N–H and O–H groups in total. The molecule has 0 saturated carbocycles. The van der Waals surface area contributed by atoms with Gasteiger partial charge in [-0.25, -0.2) is 4.39 Å². The molecule has 27 heavy (non-hydrogen) atoms. The van der Waals surface area contributed by atoms with Gasteiger partial charge in [0, 0.05) is 19.2 Å². The normalized spacial score (nSPS) is 16.1. The molecule has 144 valence electrons. The number of carbonyl (C=O) groups is 1. The lowest BCUT2D eigenvalue weighted by molar-refractivity contribution is -0.119. The van der Waals surface area contributed by atoms with Crippen LogP contribution in [-0.4, -0.2) is 31.8 Å². The van der Waals surface area contributed by atoms with Gasteiger partial charge in [0.1, 0.15) is 18.2 Å². The van der Waals surface area contributed by atoms with Crippen LogP contribution in [0, 0.1) is 12.7 Å². The van der Waals surface area contributed by atoms with Crippen molar-refractivity contribution >= 4 is 11.6 Å². The molecule has 2 aromatic rings. The first-order valence-corrected chi connectivity index (χ1v) is 9.20. The fraction of sp³-hybridized carbons (Fsp3) is 0.381. The molecule has 5 nitrogen and oxygen atoms in total. The third-order valence-corrected chi connectivity index (χ3v) is 4.40. The van der Waals surface area contributed by atoms with E-state index in [9.17, 15) is 9.18 Å². The van der Waals surface area contributed by atoms with E-state index < -0.39 is 0 Å². The number of halogens is 1. The van der Waals surface area contributed by atoms with Gasteiger partial charge in [-0.3, -0.25) is 4.79 Å². The van der Waals surface area contributed by atoms with Crippen molar-refractivity contribution in [2.24, 2.45) is 0 Å². The number of rotatable bonds is 8. The predicted octanol–water partition coefficient (Wildman–Crippen LogP) is 3.42. The summed E-state index contributed by atoms with van der Waals surface area (Å²) in [5.41, 5.74) is 2.64. The molecule has 0 bridgehead atoms. The molecule has 0 radical (unpaired) electrons. The van der Waals surface area contributed by atoms with Crippen LogP contribution in [0.3, 0.4) is 0 Å². The van der Waals surface area contributed by atoms with Crippen LogP contribution in [0.25, 0.3) is 0 Å². The molecule has 0 aliphatic carbocycles. The summed E-state index contributed by atoms with van der Waals surface area (Å²) in [4.78, 5) is 12.1. The number of nitrogens with one attached hydrogen (secondary N) is 2. The number of ether oxygens (including phenoxy) is 2. The lowest BCUT2D eigenvalue weighted by Gasteiger charge is -2.16. The Hall–Kier alpha value is -2.60. The monoisotopic (exact) mass is 372 g/mol. The highest BCUT2D eigenvalue weighted by molar-refractivity contribution is 5.81. The Labute approximate surface area is 158 Å². The Balaban J connectivity index is 1.51. The molecule has 1 saturated heterocycles. The van der Waals surface area contributed by atoms with Crippen molar-refractivity contribution in [2.75, 3.05) is 25.1 Å². The third kappa shape index (κ3) is 5.96. The first-order chi connectivity index (χ1) is 13.1. The topological polar surface area (TPSA) is 59.6 Å². The molecule has 0 spiro atoms. The van der Waals surface area contributed by atoms with Crippen molar-refractivity contribution in [3.8, 4) is 5.75 Å². The van der Waals surface area contributed by atoms with Crippen LogP contribution in [-0.2, 0) is 16.1 Å². The van der Waals surface area contributed by atoms with Gasteiger partial charge in [0.25, 0.3) is 0 Å². The van der Waals surface area contributed by atoms with Crippen LogP contribution in [0.4, 0.5) is 10.1 Å². The molecule has 2 aromatic carbocycles. The van der Waals surface area contributed by atoms with Crippen molar-refractivity contribution < 1.29 is 18.7 Å². The van der Waals surface area contributed by atoms with Crippen LogP contribution in [0.2, 0.25) is 0 Å². The van der Waals surface area contributed by atoms with Crippen LogP contribution in [0.5, 0.6) is 5.75 Å². The number of carbonyl (C=O) groups excluding carboxylic acids is 1. The Kier molecular flexibility index (Phi) is 6.65. The molecule has 3 rings (SSSR count).